The fourth-order valence-electron chi connectivity index (χ4n) is 2.15. The first-order valence-electron chi connectivity index (χ1n) is 6.88. The van der Waals surface area contributed by atoms with Crippen LogP contribution in [0, 0.1) is 6.92 Å². The molecule has 1 aliphatic rings. The van der Waals surface area contributed by atoms with Crippen LogP contribution >= 0.6 is 11.6 Å². The summed E-state index contributed by atoms with van der Waals surface area (Å²) in [5.74, 6) is -0.136. The highest BCUT2D eigenvalue weighted by atomic mass is 35.5. The maximum atomic E-state index is 11.7. The summed E-state index contributed by atoms with van der Waals surface area (Å²) in [6.07, 6.45) is 2.03. The third kappa shape index (κ3) is 4.63. The van der Waals surface area contributed by atoms with Gasteiger partial charge in [0, 0.05) is 18.1 Å². The topological polar surface area (TPSA) is 55.8 Å². The molecule has 0 saturated carbocycles. The van der Waals surface area contributed by atoms with Crippen molar-refractivity contribution in [1.29, 1.82) is 0 Å². The monoisotopic (exact) mass is 311 g/mol. The smallest absolute Gasteiger partial charge is 0.344 e. The van der Waals surface area contributed by atoms with Crippen molar-refractivity contribution >= 4 is 23.5 Å². The molecule has 1 fully saturated rings. The number of aryl methyl sites for hydroxylation is 1. The van der Waals surface area contributed by atoms with Gasteiger partial charge in [-0.2, -0.15) is 0 Å². The third-order valence-corrected chi connectivity index (χ3v) is 3.53. The van der Waals surface area contributed by atoms with Gasteiger partial charge in [0.15, 0.2) is 13.2 Å². The maximum absolute atomic E-state index is 11.7. The summed E-state index contributed by atoms with van der Waals surface area (Å²) in [6, 6.07) is 5.13. The SMILES string of the molecule is Cc1cc(Cl)ccc1OCC(=O)OCC(=O)N1CCCC1. The molecule has 0 bridgehead atoms. The number of hydrogen-bond donors (Lipinski definition) is 0. The lowest BCUT2D eigenvalue weighted by molar-refractivity contribution is -0.153. The highest BCUT2D eigenvalue weighted by molar-refractivity contribution is 6.30. The number of likely N-dealkylation sites (tertiary alicyclic amines) is 1. The third-order valence-electron chi connectivity index (χ3n) is 3.30. The van der Waals surface area contributed by atoms with Gasteiger partial charge in [-0.1, -0.05) is 11.6 Å². The van der Waals surface area contributed by atoms with E-state index in [2.05, 4.69) is 0 Å². The Hall–Kier alpha value is -1.75. The minimum absolute atomic E-state index is 0.150. The molecule has 0 aromatic heterocycles. The van der Waals surface area contributed by atoms with Gasteiger partial charge in [0.2, 0.25) is 0 Å². The van der Waals surface area contributed by atoms with Gasteiger partial charge in [0.25, 0.3) is 5.91 Å². The second-order valence-electron chi connectivity index (χ2n) is 4.95. The van der Waals surface area contributed by atoms with Crippen LogP contribution in [0.5, 0.6) is 5.75 Å². The van der Waals surface area contributed by atoms with E-state index in [1.165, 1.54) is 0 Å². The predicted octanol–water partition coefficient (Wildman–Crippen LogP) is 2.19. The molecule has 114 valence electrons. The first kappa shape index (κ1) is 15.6. The lowest BCUT2D eigenvalue weighted by atomic mass is 10.2. The summed E-state index contributed by atoms with van der Waals surface area (Å²) in [5.41, 5.74) is 0.837. The fraction of sp³-hybridized carbons (Fsp3) is 0.467. The van der Waals surface area contributed by atoms with Crippen molar-refractivity contribution in [2.75, 3.05) is 26.3 Å². The molecule has 0 radical (unpaired) electrons. The van der Waals surface area contributed by atoms with Crippen LogP contribution in [0.25, 0.3) is 0 Å². The Morgan fingerprint density at radius 1 is 1.24 bits per heavy atom. The molecule has 0 atom stereocenters. The molecule has 1 saturated heterocycles. The molecule has 1 aromatic rings. The molecule has 1 amide bonds. The van der Waals surface area contributed by atoms with Gasteiger partial charge in [-0.25, -0.2) is 4.79 Å². The molecular weight excluding hydrogens is 294 g/mol. The second kappa shape index (κ2) is 7.31. The summed E-state index contributed by atoms with van der Waals surface area (Å²) >= 11 is 5.84. The molecule has 5 nitrogen and oxygen atoms in total. The minimum Gasteiger partial charge on any atom is -0.482 e. The highest BCUT2D eigenvalue weighted by Crippen LogP contribution is 2.21. The number of halogens is 1. The summed E-state index contributed by atoms with van der Waals surface area (Å²) in [4.78, 5) is 25.0. The molecule has 6 heteroatoms. The number of nitrogens with zero attached hydrogens (tertiary/aromatic N) is 1. The number of hydrogen-bond acceptors (Lipinski definition) is 4. The van der Waals surface area contributed by atoms with Crippen molar-refractivity contribution in [2.45, 2.75) is 19.8 Å². The minimum atomic E-state index is -0.558. The molecule has 2 rings (SSSR count). The van der Waals surface area contributed by atoms with Crippen LogP contribution in [-0.2, 0) is 14.3 Å². The van der Waals surface area contributed by atoms with Crippen LogP contribution in [0.3, 0.4) is 0 Å². The zero-order chi connectivity index (χ0) is 15.2. The largest absolute Gasteiger partial charge is 0.482 e. The van der Waals surface area contributed by atoms with Crippen LogP contribution in [0.2, 0.25) is 5.02 Å². The lowest BCUT2D eigenvalue weighted by Crippen LogP contribution is -2.32. The number of rotatable bonds is 5. The van der Waals surface area contributed by atoms with Crippen LogP contribution in [-0.4, -0.2) is 43.1 Å². The number of ether oxygens (including phenoxy) is 2. The first-order valence-corrected chi connectivity index (χ1v) is 7.26. The number of benzene rings is 1. The quantitative estimate of drug-likeness (QED) is 0.782. The van der Waals surface area contributed by atoms with Gasteiger partial charge in [-0.15, -0.1) is 0 Å². The van der Waals surface area contributed by atoms with E-state index in [0.29, 0.717) is 10.8 Å². The first-order chi connectivity index (χ1) is 10.1. The van der Waals surface area contributed by atoms with E-state index in [1.54, 1.807) is 23.1 Å². The van der Waals surface area contributed by atoms with Gasteiger partial charge >= 0.3 is 5.97 Å². The fourth-order valence-corrected chi connectivity index (χ4v) is 2.38. The summed E-state index contributed by atoms with van der Waals surface area (Å²) in [6.45, 7) is 2.88. The molecule has 0 spiro atoms. The molecule has 0 aliphatic carbocycles. The van der Waals surface area contributed by atoms with Crippen LogP contribution in [0.1, 0.15) is 18.4 Å². The van der Waals surface area contributed by atoms with E-state index < -0.39 is 5.97 Å². The van der Waals surface area contributed by atoms with Gasteiger partial charge in [-0.05, 0) is 43.5 Å². The summed E-state index contributed by atoms with van der Waals surface area (Å²) < 4.78 is 10.3. The van der Waals surface area contributed by atoms with Crippen LogP contribution in [0.15, 0.2) is 18.2 Å². The molecule has 0 unspecified atom stereocenters. The van der Waals surface area contributed by atoms with Crippen molar-refractivity contribution in [2.24, 2.45) is 0 Å². The van der Waals surface area contributed by atoms with E-state index in [4.69, 9.17) is 21.1 Å². The average Bonchev–Trinajstić information content (AvgIpc) is 2.98. The van der Waals surface area contributed by atoms with E-state index in [0.717, 1.165) is 31.5 Å². The van der Waals surface area contributed by atoms with Crippen molar-refractivity contribution in [3.8, 4) is 5.75 Å². The van der Waals surface area contributed by atoms with Gasteiger partial charge < -0.3 is 14.4 Å². The van der Waals surface area contributed by atoms with Crippen molar-refractivity contribution in [3.05, 3.63) is 28.8 Å². The van der Waals surface area contributed by atoms with Crippen molar-refractivity contribution in [3.63, 3.8) is 0 Å². The number of carbonyl (C=O) groups is 2. The summed E-state index contributed by atoms with van der Waals surface area (Å²) in [7, 11) is 0. The standard InChI is InChI=1S/C15H18ClNO4/c1-11-8-12(16)4-5-13(11)20-10-15(19)21-9-14(18)17-6-2-3-7-17/h4-5,8H,2-3,6-7,9-10H2,1H3. The van der Waals surface area contributed by atoms with Crippen molar-refractivity contribution < 1.29 is 19.1 Å². The predicted molar refractivity (Wildman–Crippen MR) is 78.5 cm³/mol. The summed E-state index contributed by atoms with van der Waals surface area (Å²) in [5, 5.41) is 0.610. The number of amides is 1. The number of carbonyl (C=O) groups excluding carboxylic acids is 2. The molecule has 1 aliphatic heterocycles. The van der Waals surface area contributed by atoms with Crippen LogP contribution < -0.4 is 4.74 Å². The molecular formula is C15H18ClNO4. The van der Waals surface area contributed by atoms with Gasteiger partial charge in [-0.3, -0.25) is 4.79 Å². The molecule has 1 aromatic carbocycles. The van der Waals surface area contributed by atoms with E-state index in [1.807, 2.05) is 6.92 Å². The average molecular weight is 312 g/mol. The highest BCUT2D eigenvalue weighted by Gasteiger charge is 2.19. The van der Waals surface area contributed by atoms with Crippen molar-refractivity contribution in [1.82, 2.24) is 4.90 Å². The van der Waals surface area contributed by atoms with E-state index in [-0.39, 0.29) is 19.1 Å². The Kier molecular flexibility index (Phi) is 5.44. The zero-order valence-corrected chi connectivity index (χ0v) is 12.7. The number of esters is 1. The lowest BCUT2D eigenvalue weighted by Gasteiger charge is -2.15. The molecule has 1 heterocycles. The normalized spacial score (nSPS) is 14.1. The van der Waals surface area contributed by atoms with Gasteiger partial charge in [0.1, 0.15) is 5.75 Å². The Labute approximate surface area is 128 Å². The Balaban J connectivity index is 1.73. The Bertz CT molecular complexity index is 526. The Morgan fingerprint density at radius 3 is 2.62 bits per heavy atom. The molecule has 21 heavy (non-hydrogen) atoms. The van der Waals surface area contributed by atoms with E-state index in [9.17, 15) is 9.59 Å². The second-order valence-corrected chi connectivity index (χ2v) is 5.38. The van der Waals surface area contributed by atoms with Crippen LogP contribution in [0.4, 0.5) is 0 Å². The zero-order valence-electron chi connectivity index (χ0n) is 11.9. The van der Waals surface area contributed by atoms with Gasteiger partial charge in [0.05, 0.1) is 0 Å². The maximum Gasteiger partial charge on any atom is 0.344 e. The Morgan fingerprint density at radius 2 is 1.95 bits per heavy atom. The molecule has 0 N–H and O–H groups in total. The van der Waals surface area contributed by atoms with E-state index >= 15 is 0 Å².